The van der Waals surface area contributed by atoms with Crippen LogP contribution in [0.3, 0.4) is 0 Å². The van der Waals surface area contributed by atoms with Crippen molar-refractivity contribution in [2.24, 2.45) is 0 Å². The average molecular weight is 1160 g/mol. The third-order valence-corrected chi connectivity index (χ3v) is 33.2. The van der Waals surface area contributed by atoms with Crippen molar-refractivity contribution in [3.8, 4) is 27.9 Å². The molecule has 0 atom stereocenters. The number of fused-ring (bicyclic) bond motifs is 14. The van der Waals surface area contributed by atoms with Crippen LogP contribution in [0, 0.1) is 0 Å². The standard InChI is InChI=1S/C82H62N2Si3/c1-85(2,79-42-24-40-65-67-46-48-69-71-52-63(44-50-77(71)83-81(69)75(67)54-73(65)79)86(57-28-12-4-13-29-57,58-30-14-5-15-31-58)59-32-16-6-17-33-59)80-43-25-41-66-68-47-49-70-72-53-64(45-51-78(72)84(56-26-10-3-11-27-56)82(70)76(68)55-74(66)80)87(60-34-18-7-19-35-60,61-36-20-8-21-37-61)62-38-22-9-23-39-62/h3-53,83H,54-55H2,1-2H3. The van der Waals surface area contributed by atoms with Crippen LogP contribution in [-0.2, 0) is 12.8 Å². The van der Waals surface area contributed by atoms with Gasteiger partial charge in [0.15, 0.2) is 16.1 Å². The van der Waals surface area contributed by atoms with E-state index >= 15 is 0 Å². The first-order valence-electron chi connectivity index (χ1n) is 30.7. The summed E-state index contributed by atoms with van der Waals surface area (Å²) in [7, 11) is -7.92. The molecule has 0 unspecified atom stereocenters. The highest BCUT2D eigenvalue weighted by atomic mass is 28.3. The van der Waals surface area contributed by atoms with Crippen LogP contribution >= 0.6 is 0 Å². The summed E-state index contributed by atoms with van der Waals surface area (Å²) in [6, 6.07) is 118. The first-order chi connectivity index (χ1) is 42.9. The molecule has 0 bridgehead atoms. The van der Waals surface area contributed by atoms with Gasteiger partial charge in [-0.25, -0.2) is 0 Å². The van der Waals surface area contributed by atoms with Crippen molar-refractivity contribution < 1.29 is 0 Å². The number of nitrogens with zero attached hydrogens (tertiary/aromatic N) is 1. The summed E-state index contributed by atoms with van der Waals surface area (Å²) >= 11 is 0. The van der Waals surface area contributed by atoms with Gasteiger partial charge in [-0.1, -0.05) is 309 Å². The summed E-state index contributed by atoms with van der Waals surface area (Å²) in [5, 5.41) is 19.3. The van der Waals surface area contributed by atoms with E-state index in [1.807, 2.05) is 0 Å². The number of hydrogen-bond donors (Lipinski definition) is 1. The number of H-pyrrole nitrogens is 1. The smallest absolute Gasteiger partial charge is 0.179 e. The molecule has 0 amide bonds. The average Bonchev–Trinajstić information content (AvgIpc) is 1.70. The zero-order chi connectivity index (χ0) is 57.8. The normalized spacial score (nSPS) is 12.9. The van der Waals surface area contributed by atoms with Crippen LogP contribution < -0.4 is 51.9 Å². The quantitative estimate of drug-likeness (QED) is 0.0984. The lowest BCUT2D eigenvalue weighted by Crippen LogP contribution is -2.74. The van der Waals surface area contributed by atoms with Crippen molar-refractivity contribution >= 4 is 120 Å². The van der Waals surface area contributed by atoms with Crippen molar-refractivity contribution in [3.63, 3.8) is 0 Å². The molecule has 5 heteroatoms. The second kappa shape index (κ2) is 20.1. The lowest BCUT2D eigenvalue weighted by Gasteiger charge is -2.34. The van der Waals surface area contributed by atoms with Gasteiger partial charge in [0.05, 0.1) is 16.6 Å². The number of benzene rings is 13. The molecule has 0 saturated carbocycles. The van der Waals surface area contributed by atoms with Crippen LogP contribution in [0.25, 0.3) is 71.6 Å². The Kier molecular flexibility index (Phi) is 11.9. The van der Waals surface area contributed by atoms with Crippen molar-refractivity contribution in [2.75, 3.05) is 0 Å². The first kappa shape index (κ1) is 51.5. The molecule has 2 aliphatic carbocycles. The fourth-order valence-electron chi connectivity index (χ4n) is 16.2. The third kappa shape index (κ3) is 7.63. The topological polar surface area (TPSA) is 20.7 Å². The lowest BCUT2D eigenvalue weighted by atomic mass is 10.0. The minimum Gasteiger partial charge on any atom is -0.354 e. The van der Waals surface area contributed by atoms with E-state index in [0.717, 1.165) is 12.8 Å². The molecule has 0 fully saturated rings. The van der Waals surface area contributed by atoms with Crippen LogP contribution in [0.15, 0.2) is 309 Å². The Bertz CT molecular complexity index is 4960. The second-order valence-electron chi connectivity index (χ2n) is 24.6. The second-order valence-corrected chi connectivity index (χ2v) is 36.6. The number of hydrogen-bond acceptors (Lipinski definition) is 0. The molecule has 17 rings (SSSR count). The molecule has 2 heterocycles. The fourth-order valence-corrected chi connectivity index (χ4v) is 29.1. The Morgan fingerprint density at radius 1 is 0.299 bits per heavy atom. The molecule has 13 aromatic carbocycles. The van der Waals surface area contributed by atoms with Crippen LogP contribution in [0.4, 0.5) is 0 Å². The van der Waals surface area contributed by atoms with Gasteiger partial charge in [-0.15, -0.1) is 0 Å². The minimum absolute atomic E-state index is 0.886. The van der Waals surface area contributed by atoms with E-state index in [9.17, 15) is 0 Å². The van der Waals surface area contributed by atoms with Gasteiger partial charge >= 0.3 is 0 Å². The van der Waals surface area contributed by atoms with Gasteiger partial charge in [0.2, 0.25) is 0 Å². The van der Waals surface area contributed by atoms with Gasteiger partial charge in [-0.05, 0) is 110 Å². The number of para-hydroxylation sites is 1. The molecule has 0 saturated heterocycles. The third-order valence-electron chi connectivity index (χ3n) is 20.0. The summed E-state index contributed by atoms with van der Waals surface area (Å²) in [6.45, 7) is 5.24. The highest BCUT2D eigenvalue weighted by molar-refractivity contribution is 7.20. The van der Waals surface area contributed by atoms with E-state index in [0.29, 0.717) is 0 Å². The van der Waals surface area contributed by atoms with E-state index in [1.54, 1.807) is 0 Å². The molecule has 0 spiro atoms. The Morgan fingerprint density at radius 3 is 1.16 bits per heavy atom. The maximum Gasteiger partial charge on any atom is 0.179 e. The molecule has 2 nitrogen and oxygen atoms in total. The summed E-state index contributed by atoms with van der Waals surface area (Å²) in [5.41, 5.74) is 17.5. The van der Waals surface area contributed by atoms with E-state index < -0.39 is 24.2 Å². The van der Waals surface area contributed by atoms with E-state index in [-0.39, 0.29) is 0 Å². The van der Waals surface area contributed by atoms with Crippen molar-refractivity contribution in [3.05, 3.63) is 332 Å². The largest absolute Gasteiger partial charge is 0.354 e. The van der Waals surface area contributed by atoms with Crippen molar-refractivity contribution in [1.29, 1.82) is 0 Å². The zero-order valence-corrected chi connectivity index (χ0v) is 51.8. The Labute approximate surface area is 511 Å². The molecule has 2 aromatic heterocycles. The van der Waals surface area contributed by atoms with Gasteiger partial charge in [0.25, 0.3) is 0 Å². The molecule has 2 aliphatic rings. The summed E-state index contributed by atoms with van der Waals surface area (Å²) in [4.78, 5) is 4.04. The maximum atomic E-state index is 4.04. The summed E-state index contributed by atoms with van der Waals surface area (Å²) in [5.74, 6) is 0. The molecule has 1 N–H and O–H groups in total. The predicted octanol–water partition coefficient (Wildman–Crippen LogP) is 13.1. The molecule has 0 radical (unpaired) electrons. The highest BCUT2D eigenvalue weighted by Gasteiger charge is 2.44. The first-order valence-corrected chi connectivity index (χ1v) is 37.7. The monoisotopic (exact) mass is 1160 g/mol. The van der Waals surface area contributed by atoms with Crippen LogP contribution in [-0.4, -0.2) is 33.8 Å². The number of nitrogens with one attached hydrogen (secondary N) is 1. The van der Waals surface area contributed by atoms with Crippen LogP contribution in [0.5, 0.6) is 0 Å². The van der Waals surface area contributed by atoms with Gasteiger partial charge in [0, 0.05) is 45.6 Å². The molecule has 15 aromatic rings. The Balaban J connectivity index is 0.782. The molecule has 87 heavy (non-hydrogen) atoms. The number of aromatic amines is 1. The van der Waals surface area contributed by atoms with Gasteiger partial charge in [-0.3, -0.25) is 0 Å². The molecular formula is C82H62N2Si3. The lowest BCUT2D eigenvalue weighted by molar-refractivity contribution is 1.15. The molecule has 412 valence electrons. The van der Waals surface area contributed by atoms with Gasteiger partial charge < -0.3 is 9.55 Å². The Morgan fingerprint density at radius 2 is 0.690 bits per heavy atom. The molecule has 0 aliphatic heterocycles. The van der Waals surface area contributed by atoms with Gasteiger partial charge in [-0.2, -0.15) is 0 Å². The summed E-state index contributed by atoms with van der Waals surface area (Å²) < 4.78 is 2.58. The predicted molar refractivity (Wildman–Crippen MR) is 377 cm³/mol. The summed E-state index contributed by atoms with van der Waals surface area (Å²) in [6.07, 6.45) is 1.79. The van der Waals surface area contributed by atoms with Gasteiger partial charge in [0.1, 0.15) is 8.07 Å². The van der Waals surface area contributed by atoms with Crippen molar-refractivity contribution in [2.45, 2.75) is 25.9 Å². The zero-order valence-electron chi connectivity index (χ0n) is 48.8. The van der Waals surface area contributed by atoms with Crippen LogP contribution in [0.1, 0.15) is 22.3 Å². The van der Waals surface area contributed by atoms with Crippen molar-refractivity contribution in [1.82, 2.24) is 9.55 Å². The maximum absolute atomic E-state index is 4.04. The number of aromatic nitrogens is 2. The van der Waals surface area contributed by atoms with Crippen LogP contribution in [0.2, 0.25) is 13.1 Å². The van der Waals surface area contributed by atoms with E-state index in [4.69, 9.17) is 0 Å². The van der Waals surface area contributed by atoms with E-state index in [1.165, 1.54) is 146 Å². The molecular weight excluding hydrogens is 1100 g/mol. The fraction of sp³-hybridized carbons (Fsp3) is 0.0488. The highest BCUT2D eigenvalue weighted by Crippen LogP contribution is 2.46. The Hall–Kier alpha value is -9.89. The SMILES string of the molecule is C[Si](C)(c1cccc2c1Cc1c-2ccc2c1[nH]c1ccc([Si](c3ccccc3)(c3ccccc3)c3ccccc3)cc12)c1cccc2c1Cc1c-2ccc2c3cc([Si](c4ccccc4)(c4ccccc4)c4ccccc4)ccc3n(-c3ccccc3)c12. The van der Waals surface area contributed by atoms with E-state index in [2.05, 4.69) is 332 Å². The minimum atomic E-state index is -2.80. The number of rotatable bonds is 11.